The van der Waals surface area contributed by atoms with Crippen LogP contribution in [0, 0.1) is 0 Å². The number of carbonyl (C=O) groups excluding carboxylic acids is 1. The van der Waals surface area contributed by atoms with Crippen molar-refractivity contribution in [3.05, 3.63) is 64.1 Å². The second-order valence-electron chi connectivity index (χ2n) is 6.89. The highest BCUT2D eigenvalue weighted by molar-refractivity contribution is 7.92. The molecule has 31 heavy (non-hydrogen) atoms. The third-order valence-electron chi connectivity index (χ3n) is 4.92. The number of hydrogen-bond donors (Lipinski definition) is 1. The summed E-state index contributed by atoms with van der Waals surface area (Å²) in [7, 11) is -2.44. The van der Waals surface area contributed by atoms with E-state index in [4.69, 9.17) is 11.6 Å². The monoisotopic (exact) mass is 478 g/mol. The minimum Gasteiger partial charge on any atom is -0.296 e. The van der Waals surface area contributed by atoms with Crippen LogP contribution in [0.1, 0.15) is 48.0 Å². The summed E-state index contributed by atoms with van der Waals surface area (Å²) in [6, 6.07) is 12.4. The molecule has 0 radical (unpaired) electrons. The van der Waals surface area contributed by atoms with Crippen LogP contribution >= 0.6 is 22.9 Å². The first-order valence-corrected chi connectivity index (χ1v) is 12.4. The summed E-state index contributed by atoms with van der Waals surface area (Å²) in [5.41, 5.74) is 0.630. The molecule has 3 aromatic rings. The Morgan fingerprint density at radius 3 is 2.52 bits per heavy atom. The molecule has 0 aliphatic carbocycles. The molecule has 7 nitrogen and oxygen atoms in total. The van der Waals surface area contributed by atoms with Crippen LogP contribution in [0.3, 0.4) is 0 Å². The Morgan fingerprint density at radius 1 is 1.13 bits per heavy atom. The molecule has 3 rings (SSSR count). The van der Waals surface area contributed by atoms with Crippen molar-refractivity contribution in [1.82, 2.24) is 10.2 Å². The molecule has 0 fully saturated rings. The highest BCUT2D eigenvalue weighted by Crippen LogP contribution is 2.29. The van der Waals surface area contributed by atoms with Gasteiger partial charge in [0.15, 0.2) is 0 Å². The summed E-state index contributed by atoms with van der Waals surface area (Å²) in [6.07, 6.45) is 1.89. The van der Waals surface area contributed by atoms with E-state index < -0.39 is 15.9 Å². The second kappa shape index (κ2) is 9.76. The van der Waals surface area contributed by atoms with Crippen LogP contribution in [0.5, 0.6) is 0 Å². The number of sulfonamides is 1. The smallest absolute Gasteiger partial charge is 0.264 e. The van der Waals surface area contributed by atoms with Gasteiger partial charge in [-0.25, -0.2) is 8.42 Å². The summed E-state index contributed by atoms with van der Waals surface area (Å²) in [6.45, 7) is 4.17. The quantitative estimate of drug-likeness (QED) is 0.482. The average Bonchev–Trinajstić information content (AvgIpc) is 3.22. The zero-order chi connectivity index (χ0) is 22.6. The molecule has 10 heteroatoms. The van der Waals surface area contributed by atoms with Gasteiger partial charge in [-0.15, -0.1) is 10.2 Å². The Labute approximate surface area is 191 Å². The summed E-state index contributed by atoms with van der Waals surface area (Å²) >= 11 is 7.32. The lowest BCUT2D eigenvalue weighted by molar-refractivity contribution is 0.102. The van der Waals surface area contributed by atoms with Gasteiger partial charge in [-0.2, -0.15) is 0 Å². The van der Waals surface area contributed by atoms with Crippen molar-refractivity contribution in [3.63, 3.8) is 0 Å². The number of rotatable bonds is 8. The maximum atomic E-state index is 13.1. The van der Waals surface area contributed by atoms with Crippen LogP contribution in [0.2, 0.25) is 5.02 Å². The lowest BCUT2D eigenvalue weighted by Gasteiger charge is -2.20. The molecular formula is C21H23ClN4O3S2. The first kappa shape index (κ1) is 23.2. The van der Waals surface area contributed by atoms with Gasteiger partial charge in [0.25, 0.3) is 15.9 Å². The fraction of sp³-hybridized carbons (Fsp3) is 0.286. The van der Waals surface area contributed by atoms with Crippen molar-refractivity contribution < 1.29 is 13.2 Å². The predicted octanol–water partition coefficient (Wildman–Crippen LogP) is 5.17. The van der Waals surface area contributed by atoms with Crippen LogP contribution in [-0.2, 0) is 10.0 Å². The highest BCUT2D eigenvalue weighted by atomic mass is 35.5. The number of carbonyl (C=O) groups is 1. The van der Waals surface area contributed by atoms with Crippen LogP contribution in [0.15, 0.2) is 53.4 Å². The zero-order valence-electron chi connectivity index (χ0n) is 17.4. The van der Waals surface area contributed by atoms with E-state index in [9.17, 15) is 13.2 Å². The molecule has 0 bridgehead atoms. The minimum absolute atomic E-state index is 0.00221. The molecule has 164 valence electrons. The summed E-state index contributed by atoms with van der Waals surface area (Å²) in [4.78, 5) is 12.7. The average molecular weight is 479 g/mol. The molecule has 1 aromatic heterocycles. The maximum Gasteiger partial charge on any atom is 0.264 e. The van der Waals surface area contributed by atoms with Crippen molar-refractivity contribution in [2.75, 3.05) is 16.7 Å². The normalized spacial score (nSPS) is 11.5. The maximum absolute atomic E-state index is 13.1. The van der Waals surface area contributed by atoms with Gasteiger partial charge in [0.1, 0.15) is 5.01 Å². The van der Waals surface area contributed by atoms with Crippen LogP contribution < -0.4 is 9.62 Å². The number of nitrogens with one attached hydrogen (secondary N) is 1. The Bertz CT molecular complexity index is 1180. The number of benzene rings is 2. The van der Waals surface area contributed by atoms with Crippen LogP contribution in [0.25, 0.3) is 0 Å². The molecule has 0 spiro atoms. The van der Waals surface area contributed by atoms with Crippen molar-refractivity contribution in [2.24, 2.45) is 0 Å². The van der Waals surface area contributed by atoms with Crippen molar-refractivity contribution in [2.45, 2.75) is 37.5 Å². The van der Waals surface area contributed by atoms with Gasteiger partial charge in [0, 0.05) is 23.6 Å². The van der Waals surface area contributed by atoms with E-state index in [1.54, 1.807) is 30.3 Å². The molecule has 0 unspecified atom stereocenters. The van der Waals surface area contributed by atoms with Crippen LogP contribution in [0.4, 0.5) is 10.8 Å². The Morgan fingerprint density at radius 2 is 1.84 bits per heavy atom. The fourth-order valence-corrected chi connectivity index (χ4v) is 5.45. The first-order chi connectivity index (χ1) is 14.8. The number of halogens is 1. The molecule has 1 N–H and O–H groups in total. The molecule has 0 atom stereocenters. The summed E-state index contributed by atoms with van der Waals surface area (Å²) in [5.74, 6) is -0.145. The molecule has 1 amide bonds. The van der Waals surface area contributed by atoms with Crippen molar-refractivity contribution in [1.29, 1.82) is 0 Å². The van der Waals surface area contributed by atoms with Crippen LogP contribution in [-0.4, -0.2) is 31.6 Å². The summed E-state index contributed by atoms with van der Waals surface area (Å²) < 4.78 is 27.2. The molecule has 0 aliphatic heterocycles. The van der Waals surface area contributed by atoms with E-state index in [0.717, 1.165) is 22.2 Å². The lowest BCUT2D eigenvalue weighted by atomic mass is 10.1. The van der Waals surface area contributed by atoms with Gasteiger partial charge in [-0.3, -0.25) is 14.4 Å². The second-order valence-corrected chi connectivity index (χ2v) is 10.3. The van der Waals surface area contributed by atoms with E-state index in [0.29, 0.717) is 21.8 Å². The number of amides is 1. The number of aromatic nitrogens is 2. The largest absolute Gasteiger partial charge is 0.296 e. The predicted molar refractivity (Wildman–Crippen MR) is 125 cm³/mol. The number of anilines is 2. The highest BCUT2D eigenvalue weighted by Gasteiger charge is 2.23. The third-order valence-corrected chi connectivity index (χ3v) is 7.94. The fourth-order valence-electron chi connectivity index (χ4n) is 3.02. The van der Waals surface area contributed by atoms with E-state index >= 15 is 0 Å². The van der Waals surface area contributed by atoms with Gasteiger partial charge in [0.2, 0.25) is 5.13 Å². The first-order valence-electron chi connectivity index (χ1n) is 9.75. The van der Waals surface area contributed by atoms with Gasteiger partial charge in [-0.1, -0.05) is 48.9 Å². The number of hydrogen-bond acceptors (Lipinski definition) is 6. The molecular weight excluding hydrogens is 456 g/mol. The topological polar surface area (TPSA) is 92.3 Å². The van der Waals surface area contributed by atoms with E-state index in [1.807, 2.05) is 0 Å². The van der Waals surface area contributed by atoms with E-state index in [-0.39, 0.29) is 10.5 Å². The van der Waals surface area contributed by atoms with Gasteiger partial charge in [0.05, 0.1) is 10.6 Å². The molecule has 1 heterocycles. The summed E-state index contributed by atoms with van der Waals surface area (Å²) in [5, 5.41) is 12.6. The molecule has 0 saturated heterocycles. The van der Waals surface area contributed by atoms with Gasteiger partial charge >= 0.3 is 0 Å². The standard InChI is InChI=1S/C21H23ClN4O3S2/c1-4-14(5-2)20-24-25-21(30-20)23-19(27)15-8-6-11-18(12-15)31(28,29)26(3)17-10-7-9-16(22)13-17/h6-14H,4-5H2,1-3H3,(H,23,25,27). The Hall–Kier alpha value is -2.49. The molecule has 2 aromatic carbocycles. The van der Waals surface area contributed by atoms with Gasteiger partial charge in [-0.05, 0) is 49.2 Å². The van der Waals surface area contributed by atoms with Gasteiger partial charge < -0.3 is 0 Å². The van der Waals surface area contributed by atoms with E-state index in [2.05, 4.69) is 29.4 Å². The molecule has 0 saturated carbocycles. The van der Waals surface area contributed by atoms with E-state index in [1.165, 1.54) is 36.6 Å². The number of nitrogens with zero attached hydrogens (tertiary/aromatic N) is 3. The van der Waals surface area contributed by atoms with Crippen molar-refractivity contribution >= 4 is 49.7 Å². The Kier molecular flexibility index (Phi) is 7.30. The Balaban J connectivity index is 1.81. The SMILES string of the molecule is CCC(CC)c1nnc(NC(=O)c2cccc(S(=O)(=O)N(C)c3cccc(Cl)c3)c2)s1. The minimum atomic E-state index is -3.88. The lowest BCUT2D eigenvalue weighted by Crippen LogP contribution is -2.26. The zero-order valence-corrected chi connectivity index (χ0v) is 19.8. The van der Waals surface area contributed by atoms with Crippen molar-refractivity contribution in [3.8, 4) is 0 Å². The molecule has 0 aliphatic rings. The third kappa shape index (κ3) is 5.23.